The average Bonchev–Trinajstić information content (AvgIpc) is 2.87. The van der Waals surface area contributed by atoms with Gasteiger partial charge < -0.3 is 10.2 Å². The van der Waals surface area contributed by atoms with Crippen LogP contribution in [0.2, 0.25) is 0 Å². The normalized spacial score (nSPS) is 16.1. The summed E-state index contributed by atoms with van der Waals surface area (Å²) in [5.74, 6) is -0.0567. The van der Waals surface area contributed by atoms with E-state index in [1.165, 1.54) is 12.1 Å². The van der Waals surface area contributed by atoms with Crippen molar-refractivity contribution in [1.29, 1.82) is 0 Å². The maximum Gasteiger partial charge on any atom is 0.416 e. The molecule has 1 N–H and O–H groups in total. The van der Waals surface area contributed by atoms with Crippen LogP contribution >= 0.6 is 0 Å². The van der Waals surface area contributed by atoms with Crippen LogP contribution in [0.1, 0.15) is 34.3 Å². The lowest BCUT2D eigenvalue weighted by Crippen LogP contribution is -2.44. The van der Waals surface area contributed by atoms with Crippen molar-refractivity contribution in [1.82, 2.24) is 10.2 Å². The van der Waals surface area contributed by atoms with E-state index < -0.39 is 11.7 Å². The van der Waals surface area contributed by atoms with Crippen molar-refractivity contribution in [2.24, 2.45) is 5.92 Å². The summed E-state index contributed by atoms with van der Waals surface area (Å²) in [5, 5.41) is 2.97. The number of carbonyl (C=O) groups is 2. The molecule has 3 aromatic carbocycles. The van der Waals surface area contributed by atoms with E-state index in [9.17, 15) is 22.8 Å². The van der Waals surface area contributed by atoms with Crippen LogP contribution in [-0.4, -0.2) is 36.3 Å². The van der Waals surface area contributed by atoms with Gasteiger partial charge in [-0.25, -0.2) is 0 Å². The number of benzene rings is 3. The number of nitrogens with zero attached hydrogens (tertiary/aromatic N) is 1. The molecule has 35 heavy (non-hydrogen) atoms. The minimum atomic E-state index is -4.41. The standard InChI is InChI=1S/C28H27F3N2O2/c29-28(30,31)23-14-12-22(13-15-23)24-10-4-5-11-25(24)27(35)32-18-21-9-6-16-33(19-21)26(34)17-20-7-2-1-3-8-20/h1-5,7-8,10-15,21H,6,9,16-19H2,(H,32,35). The number of hydrogen-bond acceptors (Lipinski definition) is 2. The molecule has 1 unspecified atom stereocenters. The second-order valence-corrected chi connectivity index (χ2v) is 8.84. The molecule has 0 aliphatic carbocycles. The quantitative estimate of drug-likeness (QED) is 0.501. The number of likely N-dealkylation sites (tertiary alicyclic amines) is 1. The predicted molar refractivity (Wildman–Crippen MR) is 129 cm³/mol. The third-order valence-corrected chi connectivity index (χ3v) is 6.32. The zero-order chi connectivity index (χ0) is 24.8. The lowest BCUT2D eigenvalue weighted by atomic mass is 9.96. The number of nitrogens with one attached hydrogen (secondary N) is 1. The molecule has 7 heteroatoms. The summed E-state index contributed by atoms with van der Waals surface area (Å²) in [7, 11) is 0. The van der Waals surface area contributed by atoms with Crippen molar-refractivity contribution in [3.8, 4) is 11.1 Å². The number of hydrogen-bond donors (Lipinski definition) is 1. The molecule has 182 valence electrons. The van der Waals surface area contributed by atoms with Gasteiger partial charge in [-0.15, -0.1) is 0 Å². The first-order chi connectivity index (χ1) is 16.8. The summed E-state index contributed by atoms with van der Waals surface area (Å²) >= 11 is 0. The number of piperidine rings is 1. The van der Waals surface area contributed by atoms with E-state index in [2.05, 4.69) is 5.32 Å². The minimum Gasteiger partial charge on any atom is -0.352 e. The second kappa shape index (κ2) is 10.8. The lowest BCUT2D eigenvalue weighted by Gasteiger charge is -2.33. The molecular weight excluding hydrogens is 453 g/mol. The summed E-state index contributed by atoms with van der Waals surface area (Å²) in [4.78, 5) is 27.6. The smallest absolute Gasteiger partial charge is 0.352 e. The Labute approximate surface area is 202 Å². The minimum absolute atomic E-state index is 0.0832. The molecule has 2 amide bonds. The van der Waals surface area contributed by atoms with E-state index in [1.54, 1.807) is 24.3 Å². The molecule has 1 aliphatic rings. The average molecular weight is 481 g/mol. The van der Waals surface area contributed by atoms with Crippen LogP contribution in [0.5, 0.6) is 0 Å². The Bertz CT molecular complexity index is 1160. The Morgan fingerprint density at radius 1 is 0.914 bits per heavy atom. The lowest BCUT2D eigenvalue weighted by molar-refractivity contribution is -0.137. The van der Waals surface area contributed by atoms with E-state index in [1.807, 2.05) is 35.2 Å². The molecule has 0 saturated carbocycles. The van der Waals surface area contributed by atoms with Crippen LogP contribution < -0.4 is 5.32 Å². The molecule has 0 aromatic heterocycles. The molecule has 3 aromatic rings. The highest BCUT2D eigenvalue weighted by Gasteiger charge is 2.30. The molecule has 4 rings (SSSR count). The van der Waals surface area contributed by atoms with Gasteiger partial charge in [0.05, 0.1) is 12.0 Å². The number of amides is 2. The maximum absolute atomic E-state index is 13.0. The fraction of sp³-hybridized carbons (Fsp3) is 0.286. The molecule has 0 spiro atoms. The van der Waals surface area contributed by atoms with Gasteiger partial charge in [0.1, 0.15) is 0 Å². The monoisotopic (exact) mass is 480 g/mol. The molecule has 1 atom stereocenters. The first-order valence-corrected chi connectivity index (χ1v) is 11.7. The van der Waals surface area contributed by atoms with Gasteiger partial charge in [0.15, 0.2) is 0 Å². The topological polar surface area (TPSA) is 49.4 Å². The highest BCUT2D eigenvalue weighted by molar-refractivity contribution is 6.00. The van der Waals surface area contributed by atoms with E-state index in [0.717, 1.165) is 30.5 Å². The summed E-state index contributed by atoms with van der Waals surface area (Å²) in [6.45, 7) is 1.73. The molecule has 1 heterocycles. The van der Waals surface area contributed by atoms with Crippen LogP contribution in [0, 0.1) is 5.92 Å². The van der Waals surface area contributed by atoms with Crippen LogP contribution in [0.4, 0.5) is 13.2 Å². The largest absolute Gasteiger partial charge is 0.416 e. The van der Waals surface area contributed by atoms with Crippen molar-refractivity contribution in [3.63, 3.8) is 0 Å². The Hall–Kier alpha value is -3.61. The zero-order valence-corrected chi connectivity index (χ0v) is 19.2. The van der Waals surface area contributed by atoms with Crippen molar-refractivity contribution in [2.75, 3.05) is 19.6 Å². The van der Waals surface area contributed by atoms with Crippen LogP contribution in [0.15, 0.2) is 78.9 Å². The van der Waals surface area contributed by atoms with Crippen molar-refractivity contribution in [2.45, 2.75) is 25.4 Å². The molecular formula is C28H27F3N2O2. The van der Waals surface area contributed by atoms with Gasteiger partial charge in [-0.3, -0.25) is 9.59 Å². The van der Waals surface area contributed by atoms with Gasteiger partial charge in [-0.05, 0) is 53.6 Å². The zero-order valence-electron chi connectivity index (χ0n) is 19.2. The van der Waals surface area contributed by atoms with Crippen molar-refractivity contribution in [3.05, 3.63) is 95.6 Å². The fourth-order valence-corrected chi connectivity index (χ4v) is 4.44. The van der Waals surface area contributed by atoms with Crippen LogP contribution in [-0.2, 0) is 17.4 Å². The Morgan fingerprint density at radius 2 is 1.60 bits per heavy atom. The van der Waals surface area contributed by atoms with Crippen molar-refractivity contribution < 1.29 is 22.8 Å². The first-order valence-electron chi connectivity index (χ1n) is 11.7. The Balaban J connectivity index is 1.38. The molecule has 0 radical (unpaired) electrons. The SMILES string of the molecule is O=C(NCC1CCCN(C(=O)Cc2ccccc2)C1)c1ccccc1-c1ccc(C(F)(F)F)cc1. The van der Waals surface area contributed by atoms with E-state index in [0.29, 0.717) is 42.7 Å². The molecule has 1 fully saturated rings. The molecule has 0 bridgehead atoms. The van der Waals surface area contributed by atoms with Crippen molar-refractivity contribution >= 4 is 11.8 Å². The van der Waals surface area contributed by atoms with Gasteiger partial charge in [0.25, 0.3) is 5.91 Å². The van der Waals surface area contributed by atoms with Gasteiger partial charge >= 0.3 is 6.18 Å². The fourth-order valence-electron chi connectivity index (χ4n) is 4.44. The van der Waals surface area contributed by atoms with Crippen LogP contribution in [0.3, 0.4) is 0 Å². The molecule has 1 saturated heterocycles. The highest BCUT2D eigenvalue weighted by Crippen LogP contribution is 2.32. The molecule has 1 aliphatic heterocycles. The summed E-state index contributed by atoms with van der Waals surface area (Å²) in [6.07, 6.45) is -2.26. The Kier molecular flexibility index (Phi) is 7.54. The number of alkyl halides is 3. The number of halogens is 3. The maximum atomic E-state index is 13.0. The first kappa shape index (κ1) is 24.5. The van der Waals surface area contributed by atoms with E-state index in [-0.39, 0.29) is 17.7 Å². The number of rotatable bonds is 6. The summed E-state index contributed by atoms with van der Waals surface area (Å²) in [6, 6.07) is 21.3. The van der Waals surface area contributed by atoms with Crippen LogP contribution in [0.25, 0.3) is 11.1 Å². The van der Waals surface area contributed by atoms with Gasteiger partial charge in [-0.1, -0.05) is 60.7 Å². The summed E-state index contributed by atoms with van der Waals surface area (Å²) in [5.41, 5.74) is 1.76. The third kappa shape index (κ3) is 6.29. The third-order valence-electron chi connectivity index (χ3n) is 6.32. The van der Waals surface area contributed by atoms with E-state index >= 15 is 0 Å². The predicted octanol–water partition coefficient (Wildman–Crippen LogP) is 5.58. The second-order valence-electron chi connectivity index (χ2n) is 8.84. The van der Waals surface area contributed by atoms with E-state index in [4.69, 9.17) is 0 Å². The van der Waals surface area contributed by atoms with Gasteiger partial charge in [0, 0.05) is 25.2 Å². The molecule has 4 nitrogen and oxygen atoms in total. The van der Waals surface area contributed by atoms with Gasteiger partial charge in [0.2, 0.25) is 5.91 Å². The number of carbonyl (C=O) groups excluding carboxylic acids is 2. The summed E-state index contributed by atoms with van der Waals surface area (Å²) < 4.78 is 38.7. The highest BCUT2D eigenvalue weighted by atomic mass is 19.4. The Morgan fingerprint density at radius 3 is 2.31 bits per heavy atom. The van der Waals surface area contributed by atoms with Gasteiger partial charge in [-0.2, -0.15) is 13.2 Å².